The average Bonchev–Trinajstić information content (AvgIpc) is 3.62. The van der Waals surface area contributed by atoms with Gasteiger partial charge in [-0.3, -0.25) is 4.79 Å². The Kier molecular flexibility index (Phi) is 6.26. The molecule has 6 heteroatoms. The molecule has 3 aromatic rings. The van der Waals surface area contributed by atoms with Crippen LogP contribution in [0.25, 0.3) is 6.08 Å². The molecule has 2 aliphatic heterocycles. The maximum atomic E-state index is 13.4. The first-order chi connectivity index (χ1) is 17.0. The Hall–Kier alpha value is -2.11. The zero-order valence-corrected chi connectivity index (χ0v) is 21.8. The van der Waals surface area contributed by atoms with Crippen molar-refractivity contribution in [1.29, 1.82) is 0 Å². The molecular formula is C29H28Cl2N2OS. The molecule has 2 atom stereocenters. The molecule has 3 heterocycles. The number of nitrogens with zero attached hydrogens (tertiary/aromatic N) is 2. The van der Waals surface area contributed by atoms with Crippen LogP contribution in [0.15, 0.2) is 65.4 Å². The molecule has 1 aromatic heterocycles. The number of carbonyl (C=O) groups is 1. The van der Waals surface area contributed by atoms with Gasteiger partial charge in [0.1, 0.15) is 0 Å². The fourth-order valence-electron chi connectivity index (χ4n) is 6.26. The van der Waals surface area contributed by atoms with Crippen molar-refractivity contribution in [3.8, 4) is 0 Å². The van der Waals surface area contributed by atoms with Gasteiger partial charge < -0.3 is 9.80 Å². The third-order valence-corrected chi connectivity index (χ3v) is 9.72. The van der Waals surface area contributed by atoms with Crippen molar-refractivity contribution in [1.82, 2.24) is 9.80 Å². The number of thiophene rings is 1. The summed E-state index contributed by atoms with van der Waals surface area (Å²) in [5.41, 5.74) is 4.90. The second kappa shape index (κ2) is 9.40. The summed E-state index contributed by atoms with van der Waals surface area (Å²) in [4.78, 5) is 18.0. The number of amides is 1. The summed E-state index contributed by atoms with van der Waals surface area (Å²) in [6.07, 6.45) is 7.04. The van der Waals surface area contributed by atoms with E-state index in [-0.39, 0.29) is 11.3 Å². The molecule has 3 nitrogen and oxygen atoms in total. The summed E-state index contributed by atoms with van der Waals surface area (Å²) in [6, 6.07) is 16.4. The number of carbonyl (C=O) groups excluding carboxylic acids is 1. The highest BCUT2D eigenvalue weighted by atomic mass is 35.5. The Labute approximate surface area is 221 Å². The summed E-state index contributed by atoms with van der Waals surface area (Å²) >= 11 is 14.3. The lowest BCUT2D eigenvalue weighted by Crippen LogP contribution is -2.43. The van der Waals surface area contributed by atoms with E-state index in [4.69, 9.17) is 23.2 Å². The molecular weight excluding hydrogens is 495 g/mol. The zero-order valence-electron chi connectivity index (χ0n) is 19.5. The van der Waals surface area contributed by atoms with E-state index < -0.39 is 0 Å². The van der Waals surface area contributed by atoms with Crippen LogP contribution >= 0.6 is 34.5 Å². The molecule has 0 bridgehead atoms. The molecule has 180 valence electrons. The van der Waals surface area contributed by atoms with Gasteiger partial charge in [0.25, 0.3) is 5.91 Å². The van der Waals surface area contributed by atoms with Crippen molar-refractivity contribution in [2.45, 2.75) is 24.2 Å². The maximum Gasteiger partial charge on any atom is 0.255 e. The van der Waals surface area contributed by atoms with Crippen LogP contribution in [0.1, 0.15) is 45.8 Å². The van der Waals surface area contributed by atoms with Gasteiger partial charge in [-0.15, -0.1) is 0 Å². The Morgan fingerprint density at radius 1 is 1.03 bits per heavy atom. The lowest BCUT2D eigenvalue weighted by molar-refractivity contribution is 0.0780. The van der Waals surface area contributed by atoms with Gasteiger partial charge in [-0.2, -0.15) is 11.3 Å². The van der Waals surface area contributed by atoms with E-state index >= 15 is 0 Å². The molecule has 2 aromatic carbocycles. The van der Waals surface area contributed by atoms with E-state index in [1.165, 1.54) is 16.7 Å². The first-order valence-electron chi connectivity index (χ1n) is 12.3. The molecule has 6 rings (SSSR count). The lowest BCUT2D eigenvalue weighted by Gasteiger charge is -2.40. The normalized spacial score (nSPS) is 23.2. The monoisotopic (exact) mass is 522 g/mol. The van der Waals surface area contributed by atoms with Gasteiger partial charge in [0.15, 0.2) is 0 Å². The van der Waals surface area contributed by atoms with E-state index in [9.17, 15) is 4.79 Å². The molecule has 1 spiro atoms. The highest BCUT2D eigenvalue weighted by Crippen LogP contribution is 2.44. The summed E-state index contributed by atoms with van der Waals surface area (Å²) in [6.45, 7) is 4.64. The van der Waals surface area contributed by atoms with Crippen LogP contribution in [0.4, 0.5) is 0 Å². The molecule has 1 unspecified atom stereocenters. The van der Waals surface area contributed by atoms with Crippen molar-refractivity contribution in [2.75, 3.05) is 32.7 Å². The van der Waals surface area contributed by atoms with Gasteiger partial charge in [0.05, 0.1) is 15.6 Å². The van der Waals surface area contributed by atoms with Gasteiger partial charge in [-0.25, -0.2) is 0 Å². The minimum atomic E-state index is -0.0227. The van der Waals surface area contributed by atoms with Crippen LogP contribution in [-0.4, -0.2) is 48.4 Å². The number of fused-ring (bicyclic) bond motifs is 2. The van der Waals surface area contributed by atoms with Crippen LogP contribution in [0, 0.1) is 5.92 Å². The fourth-order valence-corrected chi connectivity index (χ4v) is 7.37. The van der Waals surface area contributed by atoms with Crippen molar-refractivity contribution < 1.29 is 4.79 Å². The zero-order chi connectivity index (χ0) is 24.0. The first kappa shape index (κ1) is 23.3. The SMILES string of the molecule is O=C(c1cccc(Cl)c1Cl)N1CC(CN2CCC3(C=Cc4ccccc43)CC2)[C@H](c2ccsc2)C1. The van der Waals surface area contributed by atoms with E-state index in [2.05, 4.69) is 58.1 Å². The van der Waals surface area contributed by atoms with Crippen LogP contribution < -0.4 is 0 Å². The predicted molar refractivity (Wildman–Crippen MR) is 146 cm³/mol. The number of piperidine rings is 1. The molecule has 2 fully saturated rings. The molecule has 3 aliphatic rings. The lowest BCUT2D eigenvalue weighted by atomic mass is 9.74. The van der Waals surface area contributed by atoms with Gasteiger partial charge in [0.2, 0.25) is 0 Å². The van der Waals surface area contributed by atoms with Gasteiger partial charge in [0, 0.05) is 31.0 Å². The molecule has 35 heavy (non-hydrogen) atoms. The number of allylic oxidation sites excluding steroid dienone is 1. The largest absolute Gasteiger partial charge is 0.338 e. The molecule has 2 saturated heterocycles. The minimum absolute atomic E-state index is 0.0227. The number of benzene rings is 2. The summed E-state index contributed by atoms with van der Waals surface area (Å²) in [7, 11) is 0. The molecule has 1 aliphatic carbocycles. The van der Waals surface area contributed by atoms with Crippen molar-refractivity contribution >= 4 is 46.5 Å². The van der Waals surface area contributed by atoms with E-state index in [1.54, 1.807) is 29.5 Å². The second-order valence-electron chi connectivity index (χ2n) is 10.1. The Balaban J connectivity index is 1.17. The van der Waals surface area contributed by atoms with Crippen molar-refractivity contribution in [3.05, 3.63) is 97.7 Å². The third-order valence-electron chi connectivity index (χ3n) is 8.20. The van der Waals surface area contributed by atoms with E-state index in [1.807, 2.05) is 4.90 Å². The highest BCUT2D eigenvalue weighted by Gasteiger charge is 2.41. The molecule has 0 saturated carbocycles. The Morgan fingerprint density at radius 3 is 2.66 bits per heavy atom. The highest BCUT2D eigenvalue weighted by molar-refractivity contribution is 7.08. The first-order valence-corrected chi connectivity index (χ1v) is 14.0. The number of rotatable bonds is 4. The fraction of sp³-hybridized carbons (Fsp3) is 0.345. The predicted octanol–water partition coefficient (Wildman–Crippen LogP) is 6.97. The quantitative estimate of drug-likeness (QED) is 0.369. The van der Waals surface area contributed by atoms with Crippen LogP contribution in [-0.2, 0) is 5.41 Å². The standard InChI is InChI=1S/C29H28Cl2N2OS/c30-26-7-3-5-23(27(26)31)28(34)33-17-22(24(18-33)21-9-15-35-19-21)16-32-13-11-29(12-14-32)10-8-20-4-1-2-6-25(20)29/h1-10,15,19,22,24H,11-14,16-18H2/t22?,24-/m0/s1. The number of hydrogen-bond donors (Lipinski definition) is 0. The maximum absolute atomic E-state index is 13.4. The van der Waals surface area contributed by atoms with Crippen LogP contribution in [0.5, 0.6) is 0 Å². The van der Waals surface area contributed by atoms with E-state index in [0.29, 0.717) is 27.4 Å². The number of likely N-dealkylation sites (tertiary alicyclic amines) is 2. The topological polar surface area (TPSA) is 23.6 Å². The van der Waals surface area contributed by atoms with Crippen LogP contribution in [0.2, 0.25) is 10.0 Å². The Bertz CT molecular complexity index is 1260. The summed E-state index contributed by atoms with van der Waals surface area (Å²) in [5, 5.41) is 5.15. The molecule has 0 N–H and O–H groups in total. The summed E-state index contributed by atoms with van der Waals surface area (Å²) in [5.74, 6) is 0.712. The second-order valence-corrected chi connectivity index (χ2v) is 11.7. The minimum Gasteiger partial charge on any atom is -0.338 e. The smallest absolute Gasteiger partial charge is 0.255 e. The van der Waals surface area contributed by atoms with Crippen molar-refractivity contribution in [3.63, 3.8) is 0 Å². The Morgan fingerprint density at radius 2 is 1.86 bits per heavy atom. The van der Waals surface area contributed by atoms with Crippen molar-refractivity contribution in [2.24, 2.45) is 5.92 Å². The molecule has 0 radical (unpaired) electrons. The third kappa shape index (κ3) is 4.25. The van der Waals surface area contributed by atoms with Gasteiger partial charge in [-0.05, 0) is 77.5 Å². The number of hydrogen-bond acceptors (Lipinski definition) is 3. The van der Waals surface area contributed by atoms with E-state index in [0.717, 1.165) is 45.6 Å². The summed E-state index contributed by atoms with van der Waals surface area (Å²) < 4.78 is 0. The average molecular weight is 524 g/mol. The van der Waals surface area contributed by atoms with Gasteiger partial charge >= 0.3 is 0 Å². The number of halogens is 2. The van der Waals surface area contributed by atoms with Crippen LogP contribution in [0.3, 0.4) is 0 Å². The van der Waals surface area contributed by atoms with Gasteiger partial charge in [-0.1, -0.05) is 65.7 Å². The molecule has 1 amide bonds.